The van der Waals surface area contributed by atoms with Gasteiger partial charge in [-0.25, -0.2) is 4.39 Å². The number of amides is 1. The molecule has 0 unspecified atom stereocenters. The highest BCUT2D eigenvalue weighted by molar-refractivity contribution is 6.06. The minimum atomic E-state index is -0.504. The monoisotopic (exact) mass is 286 g/mol. The second-order valence-corrected chi connectivity index (χ2v) is 5.04. The summed E-state index contributed by atoms with van der Waals surface area (Å²) >= 11 is 0. The zero-order valence-electron chi connectivity index (χ0n) is 12.3. The van der Waals surface area contributed by atoms with Gasteiger partial charge in [-0.05, 0) is 43.7 Å². The van der Waals surface area contributed by atoms with Gasteiger partial charge in [0.05, 0.1) is 5.56 Å². The fourth-order valence-corrected chi connectivity index (χ4v) is 2.21. The molecular weight excluding hydrogens is 267 g/mol. The normalized spacial score (nSPS) is 10.4. The lowest BCUT2D eigenvalue weighted by Gasteiger charge is -2.23. The maximum atomic E-state index is 13.9. The maximum absolute atomic E-state index is 13.9. The quantitative estimate of drug-likeness (QED) is 0.870. The lowest BCUT2D eigenvalue weighted by Crippen LogP contribution is -2.32. The predicted octanol–water partition coefficient (Wildman–Crippen LogP) is 3.77. The Hall–Kier alpha value is -2.36. The van der Waals surface area contributed by atoms with E-state index in [1.807, 2.05) is 13.8 Å². The number of anilines is 2. The van der Waals surface area contributed by atoms with E-state index in [2.05, 4.69) is 0 Å². The molecule has 2 aromatic rings. The van der Waals surface area contributed by atoms with Crippen molar-refractivity contribution in [3.05, 3.63) is 59.4 Å². The summed E-state index contributed by atoms with van der Waals surface area (Å²) in [6, 6.07) is 11.6. The average molecular weight is 286 g/mol. The number of halogens is 1. The smallest absolute Gasteiger partial charge is 0.261 e. The molecule has 0 aliphatic heterocycles. The van der Waals surface area contributed by atoms with E-state index < -0.39 is 5.82 Å². The summed E-state index contributed by atoms with van der Waals surface area (Å²) in [5.41, 5.74) is 7.97. The van der Waals surface area contributed by atoms with Crippen LogP contribution in [0.1, 0.15) is 29.3 Å². The highest BCUT2D eigenvalue weighted by atomic mass is 19.1. The van der Waals surface area contributed by atoms with Gasteiger partial charge in [-0.3, -0.25) is 4.79 Å². The van der Waals surface area contributed by atoms with Gasteiger partial charge in [0, 0.05) is 17.9 Å². The number of nitrogens with zero attached hydrogens (tertiary/aromatic N) is 1. The van der Waals surface area contributed by atoms with Gasteiger partial charge in [-0.1, -0.05) is 24.6 Å². The number of hydrogen-bond donors (Lipinski definition) is 1. The summed E-state index contributed by atoms with van der Waals surface area (Å²) in [5.74, 6) is -0.848. The van der Waals surface area contributed by atoms with Crippen molar-refractivity contribution in [1.29, 1.82) is 0 Å². The second kappa shape index (κ2) is 6.39. The van der Waals surface area contributed by atoms with Crippen LogP contribution in [0.5, 0.6) is 0 Å². The molecule has 2 aromatic carbocycles. The van der Waals surface area contributed by atoms with Crippen LogP contribution in [0.3, 0.4) is 0 Å². The Bertz CT molecular complexity index is 655. The molecule has 0 fully saturated rings. The number of rotatable bonds is 4. The van der Waals surface area contributed by atoms with E-state index in [9.17, 15) is 9.18 Å². The van der Waals surface area contributed by atoms with Crippen molar-refractivity contribution in [1.82, 2.24) is 0 Å². The first-order valence-electron chi connectivity index (χ1n) is 6.96. The molecule has 0 heterocycles. The summed E-state index contributed by atoms with van der Waals surface area (Å²) in [7, 11) is 0. The van der Waals surface area contributed by atoms with Crippen LogP contribution in [0.15, 0.2) is 42.5 Å². The van der Waals surface area contributed by atoms with E-state index in [4.69, 9.17) is 5.73 Å². The van der Waals surface area contributed by atoms with Crippen LogP contribution in [-0.2, 0) is 0 Å². The van der Waals surface area contributed by atoms with Gasteiger partial charge >= 0.3 is 0 Å². The predicted molar refractivity (Wildman–Crippen MR) is 84.0 cm³/mol. The molecule has 110 valence electrons. The van der Waals surface area contributed by atoms with Crippen LogP contribution in [0.4, 0.5) is 15.8 Å². The number of hydrogen-bond acceptors (Lipinski definition) is 2. The van der Waals surface area contributed by atoms with Crippen molar-refractivity contribution in [2.75, 3.05) is 17.2 Å². The molecule has 0 spiro atoms. The highest BCUT2D eigenvalue weighted by Gasteiger charge is 2.20. The standard InChI is InChI=1S/C17H19FN2O/c1-3-9-20(14-6-4-5-13(19)11-14)17(21)15-10-12(2)7-8-16(15)18/h4-8,10-11H,3,9,19H2,1-2H3. The van der Waals surface area contributed by atoms with Gasteiger partial charge in [0.25, 0.3) is 5.91 Å². The summed E-state index contributed by atoms with van der Waals surface area (Å²) < 4.78 is 13.9. The van der Waals surface area contributed by atoms with Crippen molar-refractivity contribution in [3.8, 4) is 0 Å². The van der Waals surface area contributed by atoms with Crippen LogP contribution in [0.2, 0.25) is 0 Å². The molecule has 0 aliphatic carbocycles. The van der Waals surface area contributed by atoms with E-state index in [-0.39, 0.29) is 11.5 Å². The summed E-state index contributed by atoms with van der Waals surface area (Å²) in [6.07, 6.45) is 0.772. The van der Waals surface area contributed by atoms with Crippen LogP contribution in [0.25, 0.3) is 0 Å². The number of carbonyl (C=O) groups is 1. The summed E-state index contributed by atoms with van der Waals surface area (Å²) in [4.78, 5) is 14.2. The van der Waals surface area contributed by atoms with Crippen molar-refractivity contribution in [3.63, 3.8) is 0 Å². The molecular formula is C17H19FN2O. The third-order valence-corrected chi connectivity index (χ3v) is 3.23. The van der Waals surface area contributed by atoms with Crippen LogP contribution in [0, 0.1) is 12.7 Å². The average Bonchev–Trinajstić information content (AvgIpc) is 2.46. The summed E-state index contributed by atoms with van der Waals surface area (Å²) in [6.45, 7) is 4.32. The molecule has 0 radical (unpaired) electrons. The van der Waals surface area contributed by atoms with Crippen molar-refractivity contribution in [2.24, 2.45) is 0 Å². The lowest BCUT2D eigenvalue weighted by molar-refractivity contribution is 0.0983. The van der Waals surface area contributed by atoms with Crippen LogP contribution in [-0.4, -0.2) is 12.5 Å². The minimum absolute atomic E-state index is 0.0888. The van der Waals surface area contributed by atoms with E-state index in [1.54, 1.807) is 41.3 Å². The SMILES string of the molecule is CCCN(C(=O)c1cc(C)ccc1F)c1cccc(N)c1. The van der Waals surface area contributed by atoms with Gasteiger partial charge < -0.3 is 10.6 Å². The first kappa shape index (κ1) is 15.0. The number of aryl methyl sites for hydroxylation is 1. The molecule has 0 atom stereocenters. The van der Waals surface area contributed by atoms with Crippen molar-refractivity contribution < 1.29 is 9.18 Å². The molecule has 0 aromatic heterocycles. The first-order chi connectivity index (χ1) is 10.0. The molecule has 1 amide bonds. The molecule has 2 N–H and O–H groups in total. The van der Waals surface area contributed by atoms with E-state index in [0.29, 0.717) is 17.9 Å². The fourth-order valence-electron chi connectivity index (χ4n) is 2.21. The van der Waals surface area contributed by atoms with Gasteiger partial charge in [-0.2, -0.15) is 0 Å². The number of carbonyl (C=O) groups excluding carboxylic acids is 1. The Morgan fingerprint density at radius 3 is 2.67 bits per heavy atom. The zero-order chi connectivity index (χ0) is 15.4. The van der Waals surface area contributed by atoms with Gasteiger partial charge in [0.15, 0.2) is 0 Å². The van der Waals surface area contributed by atoms with E-state index >= 15 is 0 Å². The summed E-state index contributed by atoms with van der Waals surface area (Å²) in [5, 5.41) is 0. The Morgan fingerprint density at radius 2 is 2.00 bits per heavy atom. The second-order valence-electron chi connectivity index (χ2n) is 5.04. The molecule has 21 heavy (non-hydrogen) atoms. The third kappa shape index (κ3) is 3.40. The highest BCUT2D eigenvalue weighted by Crippen LogP contribution is 2.22. The molecule has 3 nitrogen and oxygen atoms in total. The largest absolute Gasteiger partial charge is 0.399 e. The number of nitrogens with two attached hydrogens (primary N) is 1. The fraction of sp³-hybridized carbons (Fsp3) is 0.235. The number of nitrogen functional groups attached to an aromatic ring is 1. The Morgan fingerprint density at radius 1 is 1.24 bits per heavy atom. The Balaban J connectivity index is 2.42. The van der Waals surface area contributed by atoms with E-state index in [0.717, 1.165) is 12.0 Å². The van der Waals surface area contributed by atoms with Gasteiger partial charge in [0.2, 0.25) is 0 Å². The zero-order valence-corrected chi connectivity index (χ0v) is 12.3. The first-order valence-corrected chi connectivity index (χ1v) is 6.96. The third-order valence-electron chi connectivity index (χ3n) is 3.23. The maximum Gasteiger partial charge on any atom is 0.261 e. The molecule has 0 saturated carbocycles. The molecule has 0 saturated heterocycles. The molecule has 0 bridgehead atoms. The molecule has 4 heteroatoms. The topological polar surface area (TPSA) is 46.3 Å². The van der Waals surface area contributed by atoms with Crippen LogP contribution < -0.4 is 10.6 Å². The molecule has 0 aliphatic rings. The van der Waals surface area contributed by atoms with Gasteiger partial charge in [-0.15, -0.1) is 0 Å². The van der Waals surface area contributed by atoms with Crippen molar-refractivity contribution in [2.45, 2.75) is 20.3 Å². The van der Waals surface area contributed by atoms with Crippen molar-refractivity contribution >= 4 is 17.3 Å². The van der Waals surface area contributed by atoms with E-state index in [1.165, 1.54) is 6.07 Å². The van der Waals surface area contributed by atoms with Crippen LogP contribution >= 0.6 is 0 Å². The molecule has 2 rings (SSSR count). The lowest BCUT2D eigenvalue weighted by atomic mass is 10.1. The minimum Gasteiger partial charge on any atom is -0.399 e. The Kier molecular flexibility index (Phi) is 4.58. The Labute approximate surface area is 124 Å². The number of benzene rings is 2. The van der Waals surface area contributed by atoms with Gasteiger partial charge in [0.1, 0.15) is 5.82 Å².